The molecular weight excluding hydrogens is 454 g/mol. The van der Waals surface area contributed by atoms with Crippen molar-refractivity contribution in [2.75, 3.05) is 19.6 Å². The molecule has 1 aromatic heterocycles. The lowest BCUT2D eigenvalue weighted by molar-refractivity contribution is -0.126. The van der Waals surface area contributed by atoms with Gasteiger partial charge in [-0.1, -0.05) is 53.2 Å². The highest BCUT2D eigenvalue weighted by molar-refractivity contribution is 9.10. The van der Waals surface area contributed by atoms with E-state index in [2.05, 4.69) is 21.2 Å². The Kier molecular flexibility index (Phi) is 6.66. The van der Waals surface area contributed by atoms with Gasteiger partial charge in [-0.25, -0.2) is 4.98 Å². The van der Waals surface area contributed by atoms with Crippen LogP contribution in [0.1, 0.15) is 36.5 Å². The molecule has 2 aromatic carbocycles. The molecule has 0 bridgehead atoms. The van der Waals surface area contributed by atoms with Crippen LogP contribution in [0.3, 0.4) is 0 Å². The normalized spacial score (nSPS) is 14.6. The molecule has 1 aliphatic rings. The van der Waals surface area contributed by atoms with E-state index in [0.29, 0.717) is 38.0 Å². The van der Waals surface area contributed by atoms with E-state index in [1.165, 1.54) is 0 Å². The van der Waals surface area contributed by atoms with Crippen molar-refractivity contribution in [1.29, 1.82) is 0 Å². The number of amides is 2. The number of fused-ring (bicyclic) bond motifs is 1. The van der Waals surface area contributed by atoms with Gasteiger partial charge in [-0.2, -0.15) is 0 Å². The van der Waals surface area contributed by atoms with Gasteiger partial charge in [0.25, 0.3) is 5.91 Å². The van der Waals surface area contributed by atoms with Gasteiger partial charge in [0.2, 0.25) is 5.91 Å². The summed E-state index contributed by atoms with van der Waals surface area (Å²) in [6, 6.07) is 17.6. The second-order valence-electron chi connectivity index (χ2n) is 7.94. The largest absolute Gasteiger partial charge is 0.356 e. The topological polar surface area (TPSA) is 62.3 Å². The van der Waals surface area contributed by atoms with Crippen molar-refractivity contribution in [3.8, 4) is 11.3 Å². The molecule has 1 aliphatic heterocycles. The van der Waals surface area contributed by atoms with Crippen LogP contribution in [0, 0.1) is 5.92 Å². The van der Waals surface area contributed by atoms with Crippen LogP contribution >= 0.6 is 15.9 Å². The Hall–Kier alpha value is -2.73. The van der Waals surface area contributed by atoms with Crippen LogP contribution < -0.4 is 5.32 Å². The number of para-hydroxylation sites is 1. The average molecular weight is 480 g/mol. The summed E-state index contributed by atoms with van der Waals surface area (Å²) in [6.07, 6.45) is 2.33. The number of piperidine rings is 1. The molecule has 31 heavy (non-hydrogen) atoms. The number of hydrogen-bond acceptors (Lipinski definition) is 3. The Balaban J connectivity index is 1.59. The Morgan fingerprint density at radius 2 is 1.81 bits per heavy atom. The lowest BCUT2D eigenvalue weighted by Crippen LogP contribution is -2.43. The van der Waals surface area contributed by atoms with Crippen LogP contribution in [0.5, 0.6) is 0 Å². The van der Waals surface area contributed by atoms with Crippen LogP contribution in [-0.2, 0) is 4.79 Å². The first-order chi connectivity index (χ1) is 15.1. The second kappa shape index (κ2) is 9.60. The van der Waals surface area contributed by atoms with Gasteiger partial charge in [0.15, 0.2) is 0 Å². The van der Waals surface area contributed by atoms with Crippen molar-refractivity contribution in [2.45, 2.75) is 26.2 Å². The molecule has 3 aromatic rings. The number of pyridine rings is 1. The molecule has 1 saturated heterocycles. The molecular formula is C25H26BrN3O2. The number of rotatable bonds is 5. The quantitative estimate of drug-likeness (QED) is 0.557. The molecule has 6 heteroatoms. The molecule has 4 rings (SSSR count). The summed E-state index contributed by atoms with van der Waals surface area (Å²) in [5, 5.41) is 3.84. The number of nitrogens with one attached hydrogen (secondary N) is 1. The van der Waals surface area contributed by atoms with E-state index in [4.69, 9.17) is 4.98 Å². The van der Waals surface area contributed by atoms with Crippen molar-refractivity contribution in [3.63, 3.8) is 0 Å². The number of carbonyl (C=O) groups is 2. The van der Waals surface area contributed by atoms with Gasteiger partial charge in [-0.15, -0.1) is 0 Å². The first-order valence-corrected chi connectivity index (χ1v) is 11.6. The summed E-state index contributed by atoms with van der Waals surface area (Å²) in [6.45, 7) is 3.93. The first-order valence-electron chi connectivity index (χ1n) is 10.8. The van der Waals surface area contributed by atoms with Gasteiger partial charge >= 0.3 is 0 Å². The third-order valence-electron chi connectivity index (χ3n) is 5.79. The predicted molar refractivity (Wildman–Crippen MR) is 127 cm³/mol. The van der Waals surface area contributed by atoms with Gasteiger partial charge < -0.3 is 10.2 Å². The summed E-state index contributed by atoms with van der Waals surface area (Å²) in [7, 11) is 0. The van der Waals surface area contributed by atoms with Gasteiger partial charge in [-0.05, 0) is 43.5 Å². The minimum atomic E-state index is -0.0110. The SMILES string of the molecule is CCCNC(=O)C1CCN(C(=O)c2cc(-c3ccc(Br)cc3)nc3ccccc23)CC1. The average Bonchev–Trinajstić information content (AvgIpc) is 2.82. The first kappa shape index (κ1) is 21.5. The standard InChI is InChI=1S/C25H26BrN3O2/c1-2-13-27-24(30)18-11-14-29(15-12-18)25(31)21-16-23(17-7-9-19(26)10-8-17)28-22-6-4-3-5-20(21)22/h3-10,16,18H,2,11-15H2,1H3,(H,27,30). The number of likely N-dealkylation sites (tertiary alicyclic amines) is 1. The minimum Gasteiger partial charge on any atom is -0.356 e. The van der Waals surface area contributed by atoms with Crippen molar-refractivity contribution in [2.24, 2.45) is 5.92 Å². The molecule has 0 aliphatic carbocycles. The Morgan fingerprint density at radius 3 is 2.52 bits per heavy atom. The number of hydrogen-bond donors (Lipinski definition) is 1. The number of benzene rings is 2. The fraction of sp³-hybridized carbons (Fsp3) is 0.320. The second-order valence-corrected chi connectivity index (χ2v) is 8.85. The van der Waals surface area contributed by atoms with E-state index < -0.39 is 0 Å². The zero-order valence-electron chi connectivity index (χ0n) is 17.6. The van der Waals surface area contributed by atoms with Crippen molar-refractivity contribution >= 4 is 38.6 Å². The number of nitrogens with zero attached hydrogens (tertiary/aromatic N) is 2. The molecule has 1 N–H and O–H groups in total. The predicted octanol–water partition coefficient (Wildman–Crippen LogP) is 5.04. The van der Waals surface area contributed by atoms with Crippen LogP contribution in [0.2, 0.25) is 0 Å². The van der Waals surface area contributed by atoms with Crippen LogP contribution in [0.25, 0.3) is 22.2 Å². The van der Waals surface area contributed by atoms with E-state index in [1.807, 2.05) is 66.4 Å². The highest BCUT2D eigenvalue weighted by Crippen LogP contribution is 2.28. The summed E-state index contributed by atoms with van der Waals surface area (Å²) in [5.74, 6) is 0.105. The highest BCUT2D eigenvalue weighted by Gasteiger charge is 2.28. The third-order valence-corrected chi connectivity index (χ3v) is 6.32. The van der Waals surface area contributed by atoms with E-state index in [-0.39, 0.29) is 17.7 Å². The summed E-state index contributed by atoms with van der Waals surface area (Å²) < 4.78 is 0.999. The maximum Gasteiger partial charge on any atom is 0.254 e. The molecule has 2 amide bonds. The Bertz CT molecular complexity index is 1090. The van der Waals surface area contributed by atoms with Gasteiger partial charge in [0.05, 0.1) is 16.8 Å². The fourth-order valence-electron chi connectivity index (χ4n) is 4.03. The maximum absolute atomic E-state index is 13.5. The van der Waals surface area contributed by atoms with E-state index >= 15 is 0 Å². The van der Waals surface area contributed by atoms with E-state index in [0.717, 1.165) is 33.1 Å². The number of carbonyl (C=O) groups excluding carboxylic acids is 2. The van der Waals surface area contributed by atoms with Gasteiger partial charge in [0.1, 0.15) is 0 Å². The minimum absolute atomic E-state index is 0.00405. The third kappa shape index (κ3) is 4.79. The summed E-state index contributed by atoms with van der Waals surface area (Å²) >= 11 is 3.47. The van der Waals surface area contributed by atoms with Crippen LogP contribution in [0.15, 0.2) is 59.1 Å². The van der Waals surface area contributed by atoms with Crippen molar-refractivity contribution in [3.05, 3.63) is 64.6 Å². The summed E-state index contributed by atoms with van der Waals surface area (Å²) in [5.41, 5.74) is 3.22. The van der Waals surface area contributed by atoms with Crippen molar-refractivity contribution < 1.29 is 9.59 Å². The molecule has 0 unspecified atom stereocenters. The molecule has 0 saturated carbocycles. The van der Waals surface area contributed by atoms with Crippen LogP contribution in [-0.4, -0.2) is 41.3 Å². The maximum atomic E-state index is 13.5. The van der Waals surface area contributed by atoms with Gasteiger partial charge in [0, 0.05) is 41.0 Å². The smallest absolute Gasteiger partial charge is 0.254 e. The molecule has 5 nitrogen and oxygen atoms in total. The molecule has 1 fully saturated rings. The van der Waals surface area contributed by atoms with Gasteiger partial charge in [-0.3, -0.25) is 9.59 Å². The van der Waals surface area contributed by atoms with Crippen molar-refractivity contribution in [1.82, 2.24) is 15.2 Å². The molecule has 0 atom stereocenters. The molecule has 2 heterocycles. The Morgan fingerprint density at radius 1 is 1.10 bits per heavy atom. The number of halogens is 1. The lowest BCUT2D eigenvalue weighted by Gasteiger charge is -2.31. The zero-order valence-corrected chi connectivity index (χ0v) is 19.2. The molecule has 0 spiro atoms. The number of aromatic nitrogens is 1. The lowest BCUT2D eigenvalue weighted by atomic mass is 9.95. The highest BCUT2D eigenvalue weighted by atomic mass is 79.9. The molecule has 0 radical (unpaired) electrons. The Labute approximate surface area is 191 Å². The van der Waals surface area contributed by atoms with E-state index in [1.54, 1.807) is 0 Å². The monoisotopic (exact) mass is 479 g/mol. The zero-order chi connectivity index (χ0) is 21.8. The summed E-state index contributed by atoms with van der Waals surface area (Å²) in [4.78, 5) is 32.4. The van der Waals surface area contributed by atoms with Crippen LogP contribution in [0.4, 0.5) is 0 Å². The van der Waals surface area contributed by atoms with E-state index in [9.17, 15) is 9.59 Å². The fourth-order valence-corrected chi connectivity index (χ4v) is 4.29. The molecule has 160 valence electrons.